The van der Waals surface area contributed by atoms with Crippen LogP contribution in [0.4, 0.5) is 0 Å². The molecule has 0 amide bonds. The maximum absolute atomic E-state index is 11.2. The van der Waals surface area contributed by atoms with Gasteiger partial charge in [-0.25, -0.2) is 5.10 Å². The van der Waals surface area contributed by atoms with E-state index >= 15 is 0 Å². The highest BCUT2D eigenvalue weighted by Gasteiger charge is 2.07. The predicted molar refractivity (Wildman–Crippen MR) is 43.9 cm³/mol. The van der Waals surface area contributed by atoms with Crippen molar-refractivity contribution in [2.75, 3.05) is 0 Å². The Morgan fingerprint density at radius 1 is 1.58 bits per heavy atom. The zero-order chi connectivity index (χ0) is 8.72. The van der Waals surface area contributed by atoms with E-state index in [-0.39, 0.29) is 5.56 Å². The molecule has 2 rings (SSSR count). The summed E-state index contributed by atoms with van der Waals surface area (Å²) in [5, 5.41) is 11.0. The average Bonchev–Trinajstić information content (AvgIpc) is 2.29. The van der Waals surface area contributed by atoms with Gasteiger partial charge < -0.3 is 0 Å². The van der Waals surface area contributed by atoms with Crippen molar-refractivity contribution < 1.29 is 0 Å². The molecule has 0 aromatic carbocycles. The molecule has 0 fully saturated rings. The van der Waals surface area contributed by atoms with Crippen molar-refractivity contribution in [3.05, 3.63) is 22.2 Å². The molecule has 0 spiro atoms. The summed E-state index contributed by atoms with van der Waals surface area (Å²) >= 11 is 0. The van der Waals surface area contributed by atoms with E-state index in [9.17, 15) is 4.79 Å². The van der Waals surface area contributed by atoms with Crippen LogP contribution in [-0.2, 0) is 7.05 Å². The highest BCUT2D eigenvalue weighted by molar-refractivity contribution is 5.79. The Kier molecular flexibility index (Phi) is 1.27. The van der Waals surface area contributed by atoms with Crippen LogP contribution in [-0.4, -0.2) is 20.0 Å². The number of aromatic amines is 1. The van der Waals surface area contributed by atoms with Gasteiger partial charge in [0, 0.05) is 12.4 Å². The lowest BCUT2D eigenvalue weighted by atomic mass is 10.3. The molecule has 0 aliphatic carbocycles. The molecule has 1 N–H and O–H groups in total. The monoisotopic (exact) mass is 164 g/mol. The van der Waals surface area contributed by atoms with Crippen molar-refractivity contribution >= 4 is 10.9 Å². The normalized spacial score (nSPS) is 10.8. The van der Waals surface area contributed by atoms with Gasteiger partial charge in [0.15, 0.2) is 0 Å². The molecule has 0 bridgehead atoms. The van der Waals surface area contributed by atoms with Crippen molar-refractivity contribution in [1.82, 2.24) is 20.0 Å². The zero-order valence-corrected chi connectivity index (χ0v) is 6.83. The lowest BCUT2D eigenvalue weighted by Crippen LogP contribution is -2.10. The van der Waals surface area contributed by atoms with Crippen LogP contribution in [0.5, 0.6) is 0 Å². The van der Waals surface area contributed by atoms with Crippen LogP contribution >= 0.6 is 0 Å². The zero-order valence-electron chi connectivity index (χ0n) is 6.83. The Hall–Kier alpha value is -1.65. The van der Waals surface area contributed by atoms with Crippen molar-refractivity contribution in [2.45, 2.75) is 6.92 Å². The third-order valence-electron chi connectivity index (χ3n) is 1.84. The van der Waals surface area contributed by atoms with E-state index < -0.39 is 0 Å². The first-order valence-electron chi connectivity index (χ1n) is 3.57. The molecule has 0 saturated heterocycles. The summed E-state index contributed by atoms with van der Waals surface area (Å²) in [7, 11) is 1.74. The Balaban J connectivity index is 3.09. The minimum atomic E-state index is -0.199. The van der Waals surface area contributed by atoms with Gasteiger partial charge in [-0.15, -0.1) is 0 Å². The number of nitrogens with one attached hydrogen (secondary N) is 1. The molecule has 0 unspecified atom stereocenters. The summed E-state index contributed by atoms with van der Waals surface area (Å²) in [4.78, 5) is 11.2. The molecular weight excluding hydrogens is 156 g/mol. The molecule has 2 aromatic rings. The molecule has 0 atom stereocenters. The topological polar surface area (TPSA) is 63.6 Å². The predicted octanol–water partition coefficient (Wildman–Crippen LogP) is -0.0350. The fraction of sp³-hybridized carbons (Fsp3) is 0.286. The van der Waals surface area contributed by atoms with E-state index in [1.807, 2.05) is 6.92 Å². The van der Waals surface area contributed by atoms with Gasteiger partial charge in [0.1, 0.15) is 5.52 Å². The van der Waals surface area contributed by atoms with Crippen LogP contribution < -0.4 is 5.56 Å². The third-order valence-corrected chi connectivity index (χ3v) is 1.84. The quantitative estimate of drug-likeness (QED) is 0.594. The Morgan fingerprint density at radius 3 is 3.00 bits per heavy atom. The van der Waals surface area contributed by atoms with Crippen LogP contribution in [0.3, 0.4) is 0 Å². The highest BCUT2D eigenvalue weighted by atomic mass is 16.1. The molecule has 0 aliphatic heterocycles. The number of hydrogen-bond acceptors (Lipinski definition) is 3. The van der Waals surface area contributed by atoms with Crippen LogP contribution in [0, 0.1) is 6.92 Å². The van der Waals surface area contributed by atoms with E-state index in [4.69, 9.17) is 0 Å². The minimum Gasteiger partial charge on any atom is -0.266 e. The largest absolute Gasteiger partial charge is 0.290 e. The SMILES string of the molecule is Cc1nn(C)c2c(=O)[nH]ncc12. The molecule has 2 heterocycles. The fourth-order valence-corrected chi connectivity index (χ4v) is 1.31. The van der Waals surface area contributed by atoms with E-state index in [0.29, 0.717) is 5.52 Å². The standard InChI is InChI=1S/C7H8N4O/c1-4-5-3-8-9-7(12)6(5)11(2)10-4/h3H,1-2H3,(H,9,12). The van der Waals surface area contributed by atoms with Crippen molar-refractivity contribution in [2.24, 2.45) is 7.05 Å². The first kappa shape index (κ1) is 7.02. The Morgan fingerprint density at radius 2 is 2.33 bits per heavy atom. The number of hydrogen-bond donors (Lipinski definition) is 1. The molecule has 62 valence electrons. The molecule has 0 aliphatic rings. The number of nitrogens with zero attached hydrogens (tertiary/aromatic N) is 3. The summed E-state index contributed by atoms with van der Waals surface area (Å²) in [6.07, 6.45) is 1.61. The highest BCUT2D eigenvalue weighted by Crippen LogP contribution is 2.09. The van der Waals surface area contributed by atoms with Crippen LogP contribution in [0.25, 0.3) is 10.9 Å². The third kappa shape index (κ3) is 0.761. The number of aromatic nitrogens is 4. The molecule has 0 radical (unpaired) electrons. The molecule has 5 heteroatoms. The van der Waals surface area contributed by atoms with Gasteiger partial charge in [-0.05, 0) is 6.92 Å². The number of aryl methyl sites for hydroxylation is 2. The van der Waals surface area contributed by atoms with E-state index in [0.717, 1.165) is 11.1 Å². The summed E-state index contributed by atoms with van der Waals surface area (Å²) in [6, 6.07) is 0. The maximum atomic E-state index is 11.2. The number of rotatable bonds is 0. The molecule has 2 aromatic heterocycles. The smallest absolute Gasteiger partial charge is 0.266 e. The number of fused-ring (bicyclic) bond motifs is 1. The molecule has 5 nitrogen and oxygen atoms in total. The first-order valence-corrected chi connectivity index (χ1v) is 3.57. The Labute approximate surface area is 68.0 Å². The summed E-state index contributed by atoms with van der Waals surface area (Å²) < 4.78 is 1.56. The van der Waals surface area contributed by atoms with E-state index in [2.05, 4.69) is 15.3 Å². The van der Waals surface area contributed by atoms with Gasteiger partial charge in [0.2, 0.25) is 0 Å². The van der Waals surface area contributed by atoms with Gasteiger partial charge in [0.05, 0.1) is 11.9 Å². The van der Waals surface area contributed by atoms with E-state index in [1.165, 1.54) is 0 Å². The minimum absolute atomic E-state index is 0.199. The second-order valence-electron chi connectivity index (χ2n) is 2.67. The maximum Gasteiger partial charge on any atom is 0.290 e. The molecular formula is C7H8N4O. The van der Waals surface area contributed by atoms with Gasteiger partial charge in [-0.2, -0.15) is 10.2 Å². The van der Waals surface area contributed by atoms with Crippen molar-refractivity contribution in [1.29, 1.82) is 0 Å². The van der Waals surface area contributed by atoms with Gasteiger partial charge in [0.25, 0.3) is 5.56 Å². The summed E-state index contributed by atoms with van der Waals surface area (Å²) in [5.41, 5.74) is 1.20. The lowest BCUT2D eigenvalue weighted by Gasteiger charge is -1.89. The summed E-state index contributed by atoms with van der Waals surface area (Å²) in [6.45, 7) is 1.85. The first-order chi connectivity index (χ1) is 5.70. The van der Waals surface area contributed by atoms with Crippen LogP contribution in [0.1, 0.15) is 5.69 Å². The van der Waals surface area contributed by atoms with Crippen molar-refractivity contribution in [3.8, 4) is 0 Å². The molecule has 12 heavy (non-hydrogen) atoms. The summed E-state index contributed by atoms with van der Waals surface area (Å²) in [5.74, 6) is 0. The number of H-pyrrole nitrogens is 1. The van der Waals surface area contributed by atoms with Crippen LogP contribution in [0.2, 0.25) is 0 Å². The Bertz CT molecular complexity index is 482. The van der Waals surface area contributed by atoms with E-state index in [1.54, 1.807) is 17.9 Å². The average molecular weight is 164 g/mol. The van der Waals surface area contributed by atoms with Gasteiger partial charge in [-0.3, -0.25) is 9.48 Å². The lowest BCUT2D eigenvalue weighted by molar-refractivity contribution is 0.777. The van der Waals surface area contributed by atoms with Gasteiger partial charge >= 0.3 is 0 Å². The molecule has 0 saturated carbocycles. The van der Waals surface area contributed by atoms with Crippen LogP contribution in [0.15, 0.2) is 11.0 Å². The van der Waals surface area contributed by atoms with Crippen molar-refractivity contribution in [3.63, 3.8) is 0 Å². The van der Waals surface area contributed by atoms with Gasteiger partial charge in [-0.1, -0.05) is 0 Å². The second-order valence-corrected chi connectivity index (χ2v) is 2.67. The second kappa shape index (κ2) is 2.17. The fourth-order valence-electron chi connectivity index (χ4n) is 1.31.